The number of hydrogen-bond acceptors (Lipinski definition) is 3. The van der Waals surface area contributed by atoms with Crippen molar-refractivity contribution in [1.82, 2.24) is 14.7 Å². The molecule has 1 aliphatic heterocycles. The topological polar surface area (TPSA) is 58.4 Å². The summed E-state index contributed by atoms with van der Waals surface area (Å²) >= 11 is 0. The molecule has 1 aromatic heterocycles. The van der Waals surface area contributed by atoms with Crippen LogP contribution >= 0.6 is 0 Å². The number of unbranched alkanes of at least 4 members (excludes halogenated alkanes) is 1. The molecule has 3 unspecified atom stereocenters. The van der Waals surface area contributed by atoms with E-state index in [0.29, 0.717) is 5.92 Å². The van der Waals surface area contributed by atoms with E-state index in [1.165, 1.54) is 87.1 Å². The fraction of sp³-hybridized carbons (Fsp3) is 0.619. The molecule has 2 aromatic carbocycles. The Kier molecular flexibility index (Phi) is 16.8. The maximum absolute atomic E-state index is 10.8. The first-order chi connectivity index (χ1) is 22.3. The molecule has 5 heteroatoms. The SMILES string of the molecule is C.CCCCC(CC1CC1)C(=O)O.CCn1nc(Cc2ccc(C)cc2)cc1C1CCN(CC2CCC(C)C2)CC1.c1ccccc1. The fourth-order valence-electron chi connectivity index (χ4n) is 7.27. The molecular formula is C42H65N3O2. The van der Waals surface area contributed by atoms with Gasteiger partial charge in [0.15, 0.2) is 0 Å². The molecule has 3 fully saturated rings. The minimum atomic E-state index is -0.588. The van der Waals surface area contributed by atoms with Crippen LogP contribution in [-0.2, 0) is 17.8 Å². The highest BCUT2D eigenvalue weighted by Crippen LogP contribution is 2.37. The van der Waals surface area contributed by atoms with E-state index >= 15 is 0 Å². The van der Waals surface area contributed by atoms with Crippen LogP contribution in [0, 0.1) is 30.6 Å². The Morgan fingerprint density at radius 1 is 0.915 bits per heavy atom. The number of rotatable bonds is 12. The molecule has 2 saturated carbocycles. The summed E-state index contributed by atoms with van der Waals surface area (Å²) in [5.41, 5.74) is 5.38. The predicted molar refractivity (Wildman–Crippen MR) is 198 cm³/mol. The Labute approximate surface area is 287 Å². The molecule has 0 radical (unpaired) electrons. The molecular weight excluding hydrogens is 578 g/mol. The standard InChI is InChI=1S/C25H37N3.C10H18O2.C6H6.CH4/c1-4-28-25(17-24(26-28)16-21-8-5-19(2)6-9-21)23-11-13-27(14-12-23)18-22-10-7-20(3)15-22;1-2-3-4-9(10(11)12)7-8-5-6-8;1-2-4-6-5-3-1;/h5-6,8-9,17,20,22-23H,4,7,10-16,18H2,1-3H3;8-9H,2-7H2,1H3,(H,11,12);1-6H;1H4. The van der Waals surface area contributed by atoms with E-state index in [9.17, 15) is 4.79 Å². The molecule has 0 spiro atoms. The van der Waals surface area contributed by atoms with Crippen LogP contribution in [0.5, 0.6) is 0 Å². The maximum Gasteiger partial charge on any atom is 0.306 e. The summed E-state index contributed by atoms with van der Waals surface area (Å²) < 4.78 is 2.27. The summed E-state index contributed by atoms with van der Waals surface area (Å²) in [6.07, 6.45) is 14.4. The number of carboxylic acids is 1. The second-order valence-corrected chi connectivity index (χ2v) is 14.4. The highest BCUT2D eigenvalue weighted by Gasteiger charge is 2.29. The predicted octanol–water partition coefficient (Wildman–Crippen LogP) is 10.4. The monoisotopic (exact) mass is 644 g/mol. The Hall–Kier alpha value is -2.92. The van der Waals surface area contributed by atoms with Crippen molar-refractivity contribution in [1.29, 1.82) is 0 Å². The molecule has 47 heavy (non-hydrogen) atoms. The summed E-state index contributed by atoms with van der Waals surface area (Å²) in [6, 6.07) is 23.3. The average Bonchev–Trinajstić information content (AvgIpc) is 3.67. The van der Waals surface area contributed by atoms with Crippen LogP contribution in [0.4, 0.5) is 0 Å². The van der Waals surface area contributed by atoms with E-state index in [-0.39, 0.29) is 13.3 Å². The molecule has 2 aliphatic carbocycles. The normalized spacial score (nSPS) is 20.3. The number of piperidine rings is 1. The largest absolute Gasteiger partial charge is 0.481 e. The molecule has 0 bridgehead atoms. The zero-order valence-corrected chi connectivity index (χ0v) is 29.2. The van der Waals surface area contributed by atoms with Crippen LogP contribution in [-0.4, -0.2) is 45.4 Å². The quantitative estimate of drug-likeness (QED) is 0.213. The van der Waals surface area contributed by atoms with E-state index in [0.717, 1.165) is 56.4 Å². The molecule has 1 saturated heterocycles. The summed E-state index contributed by atoms with van der Waals surface area (Å²) in [6.45, 7) is 13.7. The number of benzene rings is 2. The molecule has 3 atom stereocenters. The highest BCUT2D eigenvalue weighted by molar-refractivity contribution is 5.69. The number of carbonyl (C=O) groups is 1. The second kappa shape index (κ2) is 20.4. The van der Waals surface area contributed by atoms with Crippen LogP contribution in [0.2, 0.25) is 0 Å². The van der Waals surface area contributed by atoms with Gasteiger partial charge < -0.3 is 10.0 Å². The number of hydrogen-bond donors (Lipinski definition) is 1. The van der Waals surface area contributed by atoms with E-state index < -0.39 is 5.97 Å². The van der Waals surface area contributed by atoms with Crippen molar-refractivity contribution in [3.8, 4) is 0 Å². The van der Waals surface area contributed by atoms with Gasteiger partial charge in [0.1, 0.15) is 0 Å². The number of aliphatic carboxylic acids is 1. The van der Waals surface area contributed by atoms with E-state index in [2.05, 4.69) is 67.6 Å². The van der Waals surface area contributed by atoms with Crippen molar-refractivity contribution in [3.05, 3.63) is 89.2 Å². The van der Waals surface area contributed by atoms with Crippen molar-refractivity contribution >= 4 is 5.97 Å². The number of carboxylic acid groups (broad SMARTS) is 1. The fourth-order valence-corrected chi connectivity index (χ4v) is 7.27. The summed E-state index contributed by atoms with van der Waals surface area (Å²) in [4.78, 5) is 13.5. The lowest BCUT2D eigenvalue weighted by molar-refractivity contribution is -0.142. The van der Waals surface area contributed by atoms with Gasteiger partial charge in [-0.1, -0.05) is 120 Å². The molecule has 6 rings (SSSR count). The van der Waals surface area contributed by atoms with Crippen LogP contribution in [0.25, 0.3) is 0 Å². The van der Waals surface area contributed by atoms with Crippen molar-refractivity contribution in [2.45, 2.75) is 125 Å². The highest BCUT2D eigenvalue weighted by atomic mass is 16.4. The van der Waals surface area contributed by atoms with Gasteiger partial charge >= 0.3 is 5.97 Å². The van der Waals surface area contributed by atoms with Gasteiger partial charge in [-0.25, -0.2) is 0 Å². The minimum Gasteiger partial charge on any atom is -0.481 e. The molecule has 3 aliphatic rings. The summed E-state index contributed by atoms with van der Waals surface area (Å²) in [5, 5.41) is 13.8. The zero-order chi connectivity index (χ0) is 32.7. The maximum atomic E-state index is 10.8. The van der Waals surface area contributed by atoms with Crippen molar-refractivity contribution in [3.63, 3.8) is 0 Å². The van der Waals surface area contributed by atoms with Gasteiger partial charge in [-0.2, -0.15) is 5.10 Å². The number of aromatic nitrogens is 2. The van der Waals surface area contributed by atoms with E-state index in [4.69, 9.17) is 10.2 Å². The lowest BCUT2D eigenvalue weighted by atomic mass is 9.92. The van der Waals surface area contributed by atoms with Gasteiger partial charge in [-0.05, 0) is 94.8 Å². The van der Waals surface area contributed by atoms with Gasteiger partial charge in [0.2, 0.25) is 0 Å². The van der Waals surface area contributed by atoms with Gasteiger partial charge in [0.05, 0.1) is 11.6 Å². The van der Waals surface area contributed by atoms with Crippen LogP contribution in [0.1, 0.15) is 127 Å². The third kappa shape index (κ3) is 13.6. The Morgan fingerprint density at radius 3 is 2.04 bits per heavy atom. The lowest BCUT2D eigenvalue weighted by Gasteiger charge is -2.33. The third-order valence-electron chi connectivity index (χ3n) is 10.2. The number of likely N-dealkylation sites (tertiary alicyclic amines) is 1. The summed E-state index contributed by atoms with van der Waals surface area (Å²) in [7, 11) is 0. The molecule has 1 N–H and O–H groups in total. The minimum absolute atomic E-state index is 0. The average molecular weight is 644 g/mol. The smallest absolute Gasteiger partial charge is 0.306 e. The first kappa shape index (κ1) is 38.5. The zero-order valence-electron chi connectivity index (χ0n) is 29.2. The number of aryl methyl sites for hydroxylation is 2. The van der Waals surface area contributed by atoms with Crippen molar-refractivity contribution in [2.75, 3.05) is 19.6 Å². The molecule has 3 aromatic rings. The van der Waals surface area contributed by atoms with Crippen LogP contribution in [0.3, 0.4) is 0 Å². The Bertz CT molecular complexity index is 1230. The molecule has 2 heterocycles. The summed E-state index contributed by atoms with van der Waals surface area (Å²) in [5.74, 6) is 2.68. The van der Waals surface area contributed by atoms with Gasteiger partial charge in [0, 0.05) is 31.1 Å². The third-order valence-corrected chi connectivity index (χ3v) is 10.2. The van der Waals surface area contributed by atoms with E-state index in [1.807, 2.05) is 36.4 Å². The Morgan fingerprint density at radius 2 is 1.53 bits per heavy atom. The lowest BCUT2D eigenvalue weighted by Crippen LogP contribution is -2.36. The first-order valence-electron chi connectivity index (χ1n) is 18.4. The molecule has 0 amide bonds. The van der Waals surface area contributed by atoms with Gasteiger partial charge in [-0.15, -0.1) is 0 Å². The molecule has 260 valence electrons. The van der Waals surface area contributed by atoms with E-state index in [1.54, 1.807) is 0 Å². The van der Waals surface area contributed by atoms with Gasteiger partial charge in [-0.3, -0.25) is 9.48 Å². The van der Waals surface area contributed by atoms with Crippen LogP contribution < -0.4 is 0 Å². The van der Waals surface area contributed by atoms with Crippen LogP contribution in [0.15, 0.2) is 66.7 Å². The Balaban J connectivity index is 0.000000260. The van der Waals surface area contributed by atoms with Crippen molar-refractivity contribution in [2.24, 2.45) is 23.7 Å². The number of nitrogens with zero attached hydrogens (tertiary/aromatic N) is 3. The molecule has 5 nitrogen and oxygen atoms in total. The first-order valence-corrected chi connectivity index (χ1v) is 18.4. The van der Waals surface area contributed by atoms with Crippen molar-refractivity contribution < 1.29 is 9.90 Å². The van der Waals surface area contributed by atoms with Gasteiger partial charge in [0.25, 0.3) is 0 Å². The second-order valence-electron chi connectivity index (χ2n) is 14.4.